The Hall–Kier alpha value is -3.86. The number of aromatic nitrogens is 2. The number of nitriles is 1. The molecule has 2 N–H and O–H groups in total. The molecular weight excluding hydrogens is 430 g/mol. The van der Waals surface area contributed by atoms with Gasteiger partial charge in [-0.1, -0.05) is 12.1 Å². The zero-order valence-corrected chi connectivity index (χ0v) is 19.9. The van der Waals surface area contributed by atoms with Crippen LogP contribution in [0.1, 0.15) is 48.3 Å². The number of aryl methyl sites for hydroxylation is 1. The maximum absolute atomic E-state index is 11.4. The third-order valence-corrected chi connectivity index (χ3v) is 6.61. The monoisotopic (exact) mass is 459 g/mol. The number of nitrogens with zero attached hydrogens (tertiary/aromatic N) is 4. The summed E-state index contributed by atoms with van der Waals surface area (Å²) in [7, 11) is 1.63. The predicted octanol–water partition coefficient (Wildman–Crippen LogP) is 4.60. The Balaban J connectivity index is 1.72. The Morgan fingerprint density at radius 2 is 2.00 bits per heavy atom. The average Bonchev–Trinajstić information content (AvgIpc) is 2.83. The summed E-state index contributed by atoms with van der Waals surface area (Å²) in [4.78, 5) is 22.9. The van der Waals surface area contributed by atoms with Crippen LogP contribution in [0.15, 0.2) is 30.3 Å². The molecule has 4 rings (SSSR count). The predicted molar refractivity (Wildman–Crippen MR) is 131 cm³/mol. The molecule has 8 heteroatoms. The summed E-state index contributed by atoms with van der Waals surface area (Å²) in [5.74, 6) is 1.02. The molecule has 0 saturated carbocycles. The molecule has 3 aromatic rings. The van der Waals surface area contributed by atoms with Gasteiger partial charge in [-0.05, 0) is 56.9 Å². The molecule has 2 aromatic carbocycles. The van der Waals surface area contributed by atoms with Gasteiger partial charge in [0.15, 0.2) is 0 Å². The van der Waals surface area contributed by atoms with Gasteiger partial charge >= 0.3 is 5.97 Å². The normalized spacial score (nSPS) is 15.1. The fourth-order valence-corrected chi connectivity index (χ4v) is 4.68. The van der Waals surface area contributed by atoms with E-state index in [4.69, 9.17) is 9.72 Å². The molecule has 0 aliphatic carbocycles. The number of carboxylic acids is 1. The second kappa shape index (κ2) is 9.56. The van der Waals surface area contributed by atoms with Crippen LogP contribution in [0.3, 0.4) is 0 Å². The van der Waals surface area contributed by atoms with Crippen molar-refractivity contribution < 1.29 is 14.6 Å². The lowest BCUT2D eigenvalue weighted by Crippen LogP contribution is -2.36. The zero-order chi connectivity index (χ0) is 24.4. The number of fused-ring (bicyclic) bond motifs is 1. The summed E-state index contributed by atoms with van der Waals surface area (Å²) in [5, 5.41) is 23.1. The van der Waals surface area contributed by atoms with Gasteiger partial charge in [-0.3, -0.25) is 4.79 Å². The van der Waals surface area contributed by atoms with Gasteiger partial charge in [0, 0.05) is 24.5 Å². The van der Waals surface area contributed by atoms with Crippen molar-refractivity contribution in [3.63, 3.8) is 0 Å². The number of carbonyl (C=O) groups is 1. The number of methoxy groups -OCH3 is 1. The molecule has 1 atom stereocenters. The molecule has 1 aromatic heterocycles. The lowest BCUT2D eigenvalue weighted by molar-refractivity contribution is -0.142. The molecule has 8 nitrogen and oxygen atoms in total. The maximum atomic E-state index is 11.4. The van der Waals surface area contributed by atoms with Crippen molar-refractivity contribution in [2.45, 2.75) is 39.7 Å². The highest BCUT2D eigenvalue weighted by Crippen LogP contribution is 2.37. The second-order valence-electron chi connectivity index (χ2n) is 8.76. The summed E-state index contributed by atoms with van der Waals surface area (Å²) in [6, 6.07) is 11.9. The highest BCUT2D eigenvalue weighted by Gasteiger charge is 2.27. The van der Waals surface area contributed by atoms with E-state index < -0.39 is 5.97 Å². The minimum Gasteiger partial charge on any atom is -0.495 e. The van der Waals surface area contributed by atoms with Crippen LogP contribution in [-0.4, -0.2) is 41.2 Å². The molecule has 1 fully saturated rings. The van der Waals surface area contributed by atoms with E-state index in [9.17, 15) is 15.2 Å². The van der Waals surface area contributed by atoms with E-state index in [2.05, 4.69) is 21.3 Å². The standard InChI is InChI=1S/C26H29N5O3/c1-15-19(14-27)6-5-7-20(15)16(2)28-25-21-12-23(31-10-8-18(9-11-31)26(32)33)24(34-4)13-22(21)29-17(3)30-25/h5-7,12-13,16,18H,8-11H2,1-4H3,(H,32,33)(H,28,29,30)/t16-/m1/s1. The Bertz CT molecular complexity index is 1280. The van der Waals surface area contributed by atoms with E-state index in [-0.39, 0.29) is 12.0 Å². The van der Waals surface area contributed by atoms with Gasteiger partial charge in [-0.2, -0.15) is 5.26 Å². The summed E-state index contributed by atoms with van der Waals surface area (Å²) in [6.45, 7) is 7.15. The van der Waals surface area contributed by atoms with E-state index in [1.165, 1.54) is 0 Å². The van der Waals surface area contributed by atoms with Crippen molar-refractivity contribution in [1.29, 1.82) is 5.26 Å². The number of hydrogen-bond donors (Lipinski definition) is 2. The van der Waals surface area contributed by atoms with Crippen LogP contribution in [0.5, 0.6) is 5.75 Å². The number of hydrogen-bond acceptors (Lipinski definition) is 7. The average molecular weight is 460 g/mol. The maximum Gasteiger partial charge on any atom is 0.306 e. The van der Waals surface area contributed by atoms with Gasteiger partial charge in [0.1, 0.15) is 17.4 Å². The molecule has 1 aliphatic heterocycles. The molecule has 1 saturated heterocycles. The van der Waals surface area contributed by atoms with Crippen molar-refractivity contribution in [2.75, 3.05) is 30.4 Å². The van der Waals surface area contributed by atoms with Gasteiger partial charge in [0.05, 0.1) is 41.9 Å². The fourth-order valence-electron chi connectivity index (χ4n) is 4.68. The van der Waals surface area contributed by atoms with E-state index in [0.29, 0.717) is 48.9 Å². The highest BCUT2D eigenvalue weighted by molar-refractivity contribution is 5.94. The lowest BCUT2D eigenvalue weighted by atomic mass is 9.96. The second-order valence-corrected chi connectivity index (χ2v) is 8.76. The van der Waals surface area contributed by atoms with E-state index in [1.54, 1.807) is 7.11 Å². The van der Waals surface area contributed by atoms with Crippen LogP contribution in [0.4, 0.5) is 11.5 Å². The molecule has 0 unspecified atom stereocenters. The van der Waals surface area contributed by atoms with E-state index in [0.717, 1.165) is 27.7 Å². The number of piperidine rings is 1. The molecule has 0 spiro atoms. The molecule has 0 amide bonds. The van der Waals surface area contributed by atoms with Gasteiger partial charge in [-0.25, -0.2) is 9.97 Å². The molecule has 176 valence electrons. The van der Waals surface area contributed by atoms with E-state index in [1.807, 2.05) is 51.1 Å². The van der Waals surface area contributed by atoms with Crippen LogP contribution in [0.25, 0.3) is 10.9 Å². The smallest absolute Gasteiger partial charge is 0.306 e. The fraction of sp³-hybridized carbons (Fsp3) is 0.385. The van der Waals surface area contributed by atoms with Crippen molar-refractivity contribution >= 4 is 28.4 Å². The van der Waals surface area contributed by atoms with Crippen molar-refractivity contribution in [3.05, 3.63) is 52.8 Å². The molecule has 0 bridgehead atoms. The van der Waals surface area contributed by atoms with Crippen molar-refractivity contribution in [1.82, 2.24) is 9.97 Å². The minimum absolute atomic E-state index is 0.0809. The lowest BCUT2D eigenvalue weighted by Gasteiger charge is -2.33. The topological polar surface area (TPSA) is 111 Å². The van der Waals surface area contributed by atoms with Crippen molar-refractivity contribution in [3.8, 4) is 11.8 Å². The Labute approximate surface area is 199 Å². The van der Waals surface area contributed by atoms with Gasteiger partial charge in [-0.15, -0.1) is 0 Å². The summed E-state index contributed by atoms with van der Waals surface area (Å²) in [5.41, 5.74) is 4.32. The summed E-state index contributed by atoms with van der Waals surface area (Å²) < 4.78 is 5.68. The number of aliphatic carboxylic acids is 1. The first-order valence-electron chi connectivity index (χ1n) is 11.4. The Kier molecular flexibility index (Phi) is 6.55. The molecule has 1 aliphatic rings. The van der Waals surface area contributed by atoms with Gasteiger partial charge < -0.3 is 20.1 Å². The molecule has 0 radical (unpaired) electrons. The highest BCUT2D eigenvalue weighted by atomic mass is 16.5. The molecule has 2 heterocycles. The third kappa shape index (κ3) is 4.46. The number of rotatable bonds is 6. The van der Waals surface area contributed by atoms with Gasteiger partial charge in [0.25, 0.3) is 0 Å². The number of ether oxygens (including phenoxy) is 1. The van der Waals surface area contributed by atoms with Crippen LogP contribution in [0.2, 0.25) is 0 Å². The third-order valence-electron chi connectivity index (χ3n) is 6.61. The van der Waals surface area contributed by atoms with Crippen molar-refractivity contribution in [2.24, 2.45) is 5.92 Å². The first-order valence-corrected chi connectivity index (χ1v) is 11.4. The summed E-state index contributed by atoms with van der Waals surface area (Å²) in [6.07, 6.45) is 1.19. The summed E-state index contributed by atoms with van der Waals surface area (Å²) >= 11 is 0. The first kappa shape index (κ1) is 23.3. The molecule has 34 heavy (non-hydrogen) atoms. The van der Waals surface area contributed by atoms with Crippen LogP contribution in [0, 0.1) is 31.1 Å². The SMILES string of the molecule is COc1cc2nc(C)nc(N[C@H](C)c3cccc(C#N)c3C)c2cc1N1CCC(C(=O)O)CC1. The Morgan fingerprint density at radius 3 is 2.65 bits per heavy atom. The molecular formula is C26H29N5O3. The van der Waals surface area contributed by atoms with Crippen LogP contribution in [-0.2, 0) is 4.79 Å². The first-order chi connectivity index (χ1) is 16.3. The number of carboxylic acid groups (broad SMARTS) is 1. The zero-order valence-electron chi connectivity index (χ0n) is 19.9. The number of nitrogens with one attached hydrogen (secondary N) is 1. The number of anilines is 2. The van der Waals surface area contributed by atoms with Crippen LogP contribution < -0.4 is 15.0 Å². The largest absolute Gasteiger partial charge is 0.495 e. The minimum atomic E-state index is -0.731. The van der Waals surface area contributed by atoms with Crippen LogP contribution >= 0.6 is 0 Å². The Morgan fingerprint density at radius 1 is 1.26 bits per heavy atom. The number of benzene rings is 2. The van der Waals surface area contributed by atoms with Gasteiger partial charge in [0.2, 0.25) is 0 Å². The quantitative estimate of drug-likeness (QED) is 0.550. The van der Waals surface area contributed by atoms with E-state index >= 15 is 0 Å².